The quantitative estimate of drug-likeness (QED) is 0.243. The highest BCUT2D eigenvalue weighted by Crippen LogP contribution is 2.13. The zero-order chi connectivity index (χ0) is 3.70. The van der Waals surface area contributed by atoms with Crippen LogP contribution in [0.5, 0.6) is 0 Å². The van der Waals surface area contributed by atoms with Crippen LogP contribution in [-0.4, -0.2) is 14.1 Å². The van der Waals surface area contributed by atoms with E-state index in [1.165, 1.54) is 0 Å². The van der Waals surface area contributed by atoms with Gasteiger partial charge in [0.1, 0.15) is 0 Å². The van der Waals surface area contributed by atoms with Crippen molar-refractivity contribution in [3.05, 3.63) is 0 Å². The summed E-state index contributed by atoms with van der Waals surface area (Å²) in [4.78, 5) is 8.47. The van der Waals surface area contributed by atoms with Crippen LogP contribution in [0.25, 0.3) is 0 Å². The number of hydrogen-bond donors (Lipinski definition) is 0. The third kappa shape index (κ3) is 0.632. The molecule has 1 aliphatic heterocycles. The van der Waals surface area contributed by atoms with E-state index >= 15 is 0 Å². The van der Waals surface area contributed by atoms with E-state index in [1.807, 2.05) is 0 Å². The SMILES string of the molecule is [B]CC1OO1. The van der Waals surface area contributed by atoms with Crippen molar-refractivity contribution in [2.75, 3.05) is 0 Å². The normalized spacial score (nSPS) is 23.2. The largest absolute Gasteiger partial charge is 0.217 e. The smallest absolute Gasteiger partial charge is 0.199 e. The van der Waals surface area contributed by atoms with Crippen molar-refractivity contribution in [3.8, 4) is 0 Å². The Balaban J connectivity index is 2.00. The van der Waals surface area contributed by atoms with Crippen molar-refractivity contribution in [1.82, 2.24) is 0 Å². The van der Waals surface area contributed by atoms with Crippen LogP contribution in [0, 0.1) is 0 Å². The summed E-state index contributed by atoms with van der Waals surface area (Å²) >= 11 is 0. The zero-order valence-electron chi connectivity index (χ0n) is 2.68. The lowest BCUT2D eigenvalue weighted by Gasteiger charge is -1.62. The number of hydrogen-bond acceptors (Lipinski definition) is 2. The van der Waals surface area contributed by atoms with Gasteiger partial charge in [0.2, 0.25) is 6.29 Å². The molecule has 5 heavy (non-hydrogen) atoms. The molecule has 0 aromatic rings. The van der Waals surface area contributed by atoms with Crippen LogP contribution in [0.2, 0.25) is 6.32 Å². The topological polar surface area (TPSA) is 25.1 Å². The van der Waals surface area contributed by atoms with Gasteiger partial charge in [0, 0.05) is 0 Å². The minimum atomic E-state index is -0.0880. The Hall–Kier alpha value is -0.0151. The van der Waals surface area contributed by atoms with E-state index in [0.29, 0.717) is 6.32 Å². The van der Waals surface area contributed by atoms with Crippen LogP contribution in [0.3, 0.4) is 0 Å². The van der Waals surface area contributed by atoms with Crippen molar-refractivity contribution >= 4 is 7.85 Å². The second-order valence-electron chi connectivity index (χ2n) is 0.858. The second-order valence-corrected chi connectivity index (χ2v) is 0.858. The monoisotopic (exact) mass is 70.0 g/mol. The first kappa shape index (κ1) is 3.19. The fourth-order valence-electron chi connectivity index (χ4n) is 0.118. The molecule has 1 saturated heterocycles. The second kappa shape index (κ2) is 0.991. The van der Waals surface area contributed by atoms with Gasteiger partial charge in [-0.25, -0.2) is 0 Å². The Kier molecular flexibility index (Phi) is 0.632. The van der Waals surface area contributed by atoms with Crippen LogP contribution >= 0.6 is 0 Å². The van der Waals surface area contributed by atoms with Crippen LogP contribution in [0.15, 0.2) is 0 Å². The molecule has 2 radical (unpaired) electrons. The van der Waals surface area contributed by atoms with Crippen molar-refractivity contribution in [3.63, 3.8) is 0 Å². The molecule has 1 rings (SSSR count). The summed E-state index contributed by atoms with van der Waals surface area (Å²) < 4.78 is 0. The maximum atomic E-state index is 4.98. The van der Waals surface area contributed by atoms with Gasteiger partial charge in [0.05, 0.1) is 7.85 Å². The van der Waals surface area contributed by atoms with Crippen LogP contribution in [0.4, 0.5) is 0 Å². The molecular formula is C2H3BO2. The van der Waals surface area contributed by atoms with Gasteiger partial charge in [-0.2, -0.15) is 9.78 Å². The molecule has 2 nitrogen and oxygen atoms in total. The fourth-order valence-corrected chi connectivity index (χ4v) is 0.118. The van der Waals surface area contributed by atoms with Crippen LogP contribution in [0.1, 0.15) is 0 Å². The van der Waals surface area contributed by atoms with E-state index in [2.05, 4.69) is 9.78 Å². The van der Waals surface area contributed by atoms with Crippen molar-refractivity contribution in [2.24, 2.45) is 0 Å². The van der Waals surface area contributed by atoms with Crippen molar-refractivity contribution in [2.45, 2.75) is 12.6 Å². The summed E-state index contributed by atoms with van der Waals surface area (Å²) in [6, 6.07) is 0. The van der Waals surface area contributed by atoms with Crippen molar-refractivity contribution in [1.29, 1.82) is 0 Å². The van der Waals surface area contributed by atoms with E-state index in [9.17, 15) is 0 Å². The molecule has 0 aromatic carbocycles. The predicted molar refractivity (Wildman–Crippen MR) is 16.5 cm³/mol. The van der Waals surface area contributed by atoms with Crippen LogP contribution in [-0.2, 0) is 9.78 Å². The standard InChI is InChI=1S/C2H3BO2/c3-1-2-4-5-2/h2H,1H2. The van der Waals surface area contributed by atoms with Gasteiger partial charge in [-0.05, 0) is 6.32 Å². The summed E-state index contributed by atoms with van der Waals surface area (Å²) in [6.45, 7) is 0. The first-order valence-corrected chi connectivity index (χ1v) is 1.45. The highest BCUT2D eigenvalue weighted by atomic mass is 17.4. The minimum Gasteiger partial charge on any atom is -0.199 e. The van der Waals surface area contributed by atoms with Gasteiger partial charge in [0.15, 0.2) is 0 Å². The molecule has 0 aromatic heterocycles. The minimum absolute atomic E-state index is 0.0880. The zero-order valence-corrected chi connectivity index (χ0v) is 2.68. The summed E-state index contributed by atoms with van der Waals surface area (Å²) in [5, 5.41) is 0. The molecule has 1 heterocycles. The summed E-state index contributed by atoms with van der Waals surface area (Å²) in [6.07, 6.45) is 0.384. The third-order valence-electron chi connectivity index (χ3n) is 0.425. The van der Waals surface area contributed by atoms with E-state index in [1.54, 1.807) is 0 Å². The Morgan fingerprint density at radius 3 is 2.20 bits per heavy atom. The molecule has 0 atom stereocenters. The average molecular weight is 69.9 g/mol. The van der Waals surface area contributed by atoms with E-state index in [4.69, 9.17) is 7.85 Å². The Morgan fingerprint density at radius 2 is 2.20 bits per heavy atom. The van der Waals surface area contributed by atoms with Gasteiger partial charge in [0.25, 0.3) is 0 Å². The summed E-state index contributed by atoms with van der Waals surface area (Å²) in [5.74, 6) is 0. The third-order valence-corrected chi connectivity index (χ3v) is 0.425. The van der Waals surface area contributed by atoms with Gasteiger partial charge in [-0.1, -0.05) is 0 Å². The molecular weight excluding hydrogens is 66.8 g/mol. The molecule has 26 valence electrons. The first-order chi connectivity index (χ1) is 2.43. The van der Waals surface area contributed by atoms with E-state index < -0.39 is 0 Å². The number of rotatable bonds is 1. The summed E-state index contributed by atoms with van der Waals surface area (Å²) in [5.41, 5.74) is 0. The molecule has 0 amide bonds. The molecule has 3 heteroatoms. The highest BCUT2D eigenvalue weighted by molar-refractivity contribution is 6.08. The molecule has 0 saturated carbocycles. The lowest BCUT2D eigenvalue weighted by Crippen LogP contribution is -1.75. The van der Waals surface area contributed by atoms with Gasteiger partial charge >= 0.3 is 0 Å². The summed E-state index contributed by atoms with van der Waals surface area (Å²) in [7, 11) is 4.98. The molecule has 1 fully saturated rings. The maximum absolute atomic E-state index is 4.98. The Labute approximate surface area is 31.4 Å². The maximum Gasteiger partial charge on any atom is 0.217 e. The molecule has 0 spiro atoms. The van der Waals surface area contributed by atoms with E-state index in [0.717, 1.165) is 0 Å². The fraction of sp³-hybridized carbons (Fsp3) is 1.00. The van der Waals surface area contributed by atoms with E-state index in [-0.39, 0.29) is 6.29 Å². The highest BCUT2D eigenvalue weighted by Gasteiger charge is 2.21. The average Bonchev–Trinajstić information content (AvgIpc) is 2.12. The predicted octanol–water partition coefficient (Wildman–Crippen LogP) is -0.139. The molecule has 1 aliphatic rings. The van der Waals surface area contributed by atoms with Gasteiger partial charge < -0.3 is 0 Å². The lowest BCUT2D eigenvalue weighted by atomic mass is 10.1. The molecule has 0 aliphatic carbocycles. The van der Waals surface area contributed by atoms with Crippen LogP contribution < -0.4 is 0 Å². The molecule has 0 N–H and O–H groups in total. The molecule has 0 unspecified atom stereocenters. The Morgan fingerprint density at radius 1 is 1.60 bits per heavy atom. The first-order valence-electron chi connectivity index (χ1n) is 1.45. The van der Waals surface area contributed by atoms with Gasteiger partial charge in [-0.15, -0.1) is 0 Å². The van der Waals surface area contributed by atoms with Gasteiger partial charge in [-0.3, -0.25) is 0 Å². The Bertz CT molecular complexity index is 34.6. The van der Waals surface area contributed by atoms with Crippen molar-refractivity contribution < 1.29 is 9.78 Å². The molecule has 0 bridgehead atoms. The lowest BCUT2D eigenvalue weighted by molar-refractivity contribution is 0.0850.